The Labute approximate surface area is 98.4 Å². The van der Waals surface area contributed by atoms with Crippen LogP contribution >= 0.6 is 11.6 Å². The first kappa shape index (κ1) is 11.1. The van der Waals surface area contributed by atoms with Crippen molar-refractivity contribution in [1.29, 1.82) is 0 Å². The number of rotatable bonds is 3. The van der Waals surface area contributed by atoms with Crippen LogP contribution in [0.1, 0.15) is 30.2 Å². The van der Waals surface area contributed by atoms with Crippen molar-refractivity contribution < 1.29 is 4.52 Å². The van der Waals surface area contributed by atoms with Crippen molar-refractivity contribution in [3.63, 3.8) is 0 Å². The molecule has 0 bridgehead atoms. The Morgan fingerprint density at radius 2 is 2.31 bits per heavy atom. The van der Waals surface area contributed by atoms with Gasteiger partial charge in [-0.15, -0.1) is 11.6 Å². The van der Waals surface area contributed by atoms with Gasteiger partial charge in [0.2, 0.25) is 0 Å². The Morgan fingerprint density at radius 3 is 2.88 bits per heavy atom. The molecule has 0 aliphatic heterocycles. The van der Waals surface area contributed by atoms with E-state index in [9.17, 15) is 0 Å². The van der Waals surface area contributed by atoms with Crippen molar-refractivity contribution in [2.24, 2.45) is 7.05 Å². The summed E-state index contributed by atoms with van der Waals surface area (Å²) < 4.78 is 6.87. The Bertz CT molecular complexity index is 491. The lowest BCUT2D eigenvalue weighted by Gasteiger charge is -1.96. The van der Waals surface area contributed by atoms with Crippen LogP contribution in [0, 0.1) is 6.92 Å². The lowest BCUT2D eigenvalue weighted by Crippen LogP contribution is -1.95. The van der Waals surface area contributed by atoms with Gasteiger partial charge in [-0.05, 0) is 19.4 Å². The Hall–Kier alpha value is -1.36. The van der Waals surface area contributed by atoms with Crippen molar-refractivity contribution >= 4 is 11.6 Å². The highest BCUT2D eigenvalue weighted by atomic mass is 35.5. The van der Waals surface area contributed by atoms with E-state index in [0.717, 1.165) is 17.8 Å². The van der Waals surface area contributed by atoms with Gasteiger partial charge in [0.1, 0.15) is 5.69 Å². The van der Waals surface area contributed by atoms with Crippen LogP contribution in [0.3, 0.4) is 0 Å². The fourth-order valence-corrected chi connectivity index (χ4v) is 1.55. The van der Waals surface area contributed by atoms with E-state index < -0.39 is 0 Å². The lowest BCUT2D eigenvalue weighted by atomic mass is 10.3. The minimum Gasteiger partial charge on any atom is -0.332 e. The molecular formula is C10H13ClN4O. The number of halogens is 1. The summed E-state index contributed by atoms with van der Waals surface area (Å²) in [6, 6.07) is 1.90. The molecule has 0 radical (unpaired) electrons. The highest BCUT2D eigenvalue weighted by molar-refractivity contribution is 6.20. The zero-order valence-electron chi connectivity index (χ0n) is 9.44. The van der Waals surface area contributed by atoms with Gasteiger partial charge in [-0.2, -0.15) is 10.1 Å². The van der Waals surface area contributed by atoms with E-state index in [2.05, 4.69) is 15.2 Å². The van der Waals surface area contributed by atoms with E-state index >= 15 is 0 Å². The molecule has 0 N–H and O–H groups in total. The molecule has 0 saturated heterocycles. The van der Waals surface area contributed by atoms with Crippen LogP contribution in [0.2, 0.25) is 0 Å². The minimum atomic E-state index is -0.202. The molecule has 1 atom stereocenters. The van der Waals surface area contributed by atoms with Crippen LogP contribution in [-0.4, -0.2) is 19.9 Å². The summed E-state index contributed by atoms with van der Waals surface area (Å²) in [5.41, 5.74) is 1.71. The normalized spacial score (nSPS) is 13.0. The molecule has 16 heavy (non-hydrogen) atoms. The first-order valence-electron chi connectivity index (χ1n) is 5.10. The van der Waals surface area contributed by atoms with Gasteiger partial charge in [-0.1, -0.05) is 12.1 Å². The smallest absolute Gasteiger partial charge is 0.276 e. The Morgan fingerprint density at radius 1 is 1.56 bits per heavy atom. The lowest BCUT2D eigenvalue weighted by molar-refractivity contribution is 0.418. The van der Waals surface area contributed by atoms with Gasteiger partial charge in [-0.3, -0.25) is 4.68 Å². The van der Waals surface area contributed by atoms with Crippen LogP contribution in [-0.2, 0) is 7.05 Å². The van der Waals surface area contributed by atoms with Gasteiger partial charge in [0.05, 0.1) is 11.1 Å². The summed E-state index contributed by atoms with van der Waals surface area (Å²) in [6.45, 7) is 3.89. The van der Waals surface area contributed by atoms with Crippen LogP contribution in [0.25, 0.3) is 11.6 Å². The number of aromatic nitrogens is 4. The van der Waals surface area contributed by atoms with E-state index in [1.165, 1.54) is 0 Å². The first-order chi connectivity index (χ1) is 7.61. The molecule has 86 valence electrons. The van der Waals surface area contributed by atoms with Crippen LogP contribution in [0.4, 0.5) is 0 Å². The molecule has 2 aromatic heterocycles. The van der Waals surface area contributed by atoms with Crippen molar-refractivity contribution in [2.45, 2.75) is 25.6 Å². The molecular weight excluding hydrogens is 228 g/mol. The maximum atomic E-state index is 6.03. The molecule has 2 rings (SSSR count). The van der Waals surface area contributed by atoms with E-state index in [1.54, 1.807) is 4.68 Å². The van der Waals surface area contributed by atoms with Gasteiger partial charge in [0, 0.05) is 7.05 Å². The summed E-state index contributed by atoms with van der Waals surface area (Å²) >= 11 is 6.03. The van der Waals surface area contributed by atoms with Crippen molar-refractivity contribution in [3.05, 3.63) is 17.6 Å². The molecule has 0 aromatic carbocycles. The highest BCUT2D eigenvalue weighted by Crippen LogP contribution is 2.24. The predicted octanol–water partition coefficient (Wildman–Crippen LogP) is 2.47. The van der Waals surface area contributed by atoms with E-state index in [-0.39, 0.29) is 5.38 Å². The largest absolute Gasteiger partial charge is 0.332 e. The molecule has 0 fully saturated rings. The molecule has 0 amide bonds. The summed E-state index contributed by atoms with van der Waals surface area (Å²) in [5.74, 6) is 0.982. The molecule has 2 heterocycles. The topological polar surface area (TPSA) is 56.7 Å². The number of alkyl halides is 1. The monoisotopic (exact) mass is 240 g/mol. The van der Waals surface area contributed by atoms with E-state index in [4.69, 9.17) is 16.1 Å². The highest BCUT2D eigenvalue weighted by Gasteiger charge is 2.17. The fraction of sp³-hybridized carbons (Fsp3) is 0.500. The molecule has 0 aliphatic carbocycles. The van der Waals surface area contributed by atoms with Gasteiger partial charge >= 0.3 is 0 Å². The van der Waals surface area contributed by atoms with Crippen LogP contribution in [0.5, 0.6) is 0 Å². The van der Waals surface area contributed by atoms with Gasteiger partial charge in [-0.25, -0.2) is 0 Å². The average Bonchev–Trinajstić information content (AvgIpc) is 2.83. The number of aryl methyl sites for hydroxylation is 2. The number of hydrogen-bond donors (Lipinski definition) is 0. The molecule has 0 spiro atoms. The van der Waals surface area contributed by atoms with Crippen LogP contribution in [0.15, 0.2) is 10.6 Å². The molecule has 0 saturated carbocycles. The predicted molar refractivity (Wildman–Crippen MR) is 60.1 cm³/mol. The van der Waals surface area contributed by atoms with Crippen LogP contribution < -0.4 is 0 Å². The standard InChI is InChI=1S/C10H13ClN4O/c1-4-7(11)9-12-10(16-14-9)8-5-6(2)13-15(8)3/h5,7H,4H2,1-3H3. The fourth-order valence-electron chi connectivity index (χ4n) is 1.46. The van der Waals surface area contributed by atoms with Crippen molar-refractivity contribution in [3.8, 4) is 11.6 Å². The number of nitrogens with zero attached hydrogens (tertiary/aromatic N) is 4. The molecule has 0 aliphatic rings. The third-order valence-electron chi connectivity index (χ3n) is 2.30. The molecule has 2 aromatic rings. The van der Waals surface area contributed by atoms with Gasteiger partial charge < -0.3 is 4.52 Å². The van der Waals surface area contributed by atoms with E-state index in [0.29, 0.717) is 11.7 Å². The average molecular weight is 241 g/mol. The summed E-state index contributed by atoms with van der Waals surface area (Å²) in [5, 5.41) is 7.87. The maximum Gasteiger partial charge on any atom is 0.276 e. The van der Waals surface area contributed by atoms with E-state index in [1.807, 2.05) is 27.0 Å². The minimum absolute atomic E-state index is 0.202. The third-order valence-corrected chi connectivity index (χ3v) is 2.81. The summed E-state index contributed by atoms with van der Waals surface area (Å²) in [6.07, 6.45) is 0.769. The van der Waals surface area contributed by atoms with Crippen molar-refractivity contribution in [2.75, 3.05) is 0 Å². The summed E-state index contributed by atoms with van der Waals surface area (Å²) in [7, 11) is 1.84. The first-order valence-corrected chi connectivity index (χ1v) is 5.54. The second kappa shape index (κ2) is 4.25. The summed E-state index contributed by atoms with van der Waals surface area (Å²) in [4.78, 5) is 4.25. The Balaban J connectivity index is 2.35. The van der Waals surface area contributed by atoms with Gasteiger partial charge in [0.25, 0.3) is 5.89 Å². The molecule has 5 nitrogen and oxygen atoms in total. The van der Waals surface area contributed by atoms with Crippen molar-refractivity contribution in [1.82, 2.24) is 19.9 Å². The Kier molecular flexibility index (Phi) is 2.96. The quantitative estimate of drug-likeness (QED) is 0.774. The zero-order chi connectivity index (χ0) is 11.7. The second-order valence-electron chi connectivity index (χ2n) is 3.63. The second-order valence-corrected chi connectivity index (χ2v) is 4.15. The maximum absolute atomic E-state index is 6.03. The van der Waals surface area contributed by atoms with Gasteiger partial charge in [0.15, 0.2) is 5.82 Å². The zero-order valence-corrected chi connectivity index (χ0v) is 10.2. The molecule has 6 heteroatoms. The third kappa shape index (κ3) is 1.95. The number of hydrogen-bond acceptors (Lipinski definition) is 4. The SMILES string of the molecule is CCC(Cl)c1noc(-c2cc(C)nn2C)n1. The molecule has 1 unspecified atom stereocenters.